The lowest BCUT2D eigenvalue weighted by Crippen LogP contribution is -2.47. The number of hydrogen-bond acceptors (Lipinski definition) is 9. The molecule has 0 saturated carbocycles. The second kappa shape index (κ2) is 9.18. The van der Waals surface area contributed by atoms with E-state index in [-0.39, 0.29) is 41.8 Å². The minimum Gasteiger partial charge on any atom is -0.457 e. The maximum absolute atomic E-state index is 13.8. The molecule has 0 fully saturated rings. The van der Waals surface area contributed by atoms with Crippen molar-refractivity contribution in [1.29, 1.82) is 0 Å². The maximum atomic E-state index is 13.8. The number of esters is 2. The zero-order chi connectivity index (χ0) is 28.3. The van der Waals surface area contributed by atoms with E-state index in [0.29, 0.717) is 40.1 Å². The van der Waals surface area contributed by atoms with Gasteiger partial charge in [0.1, 0.15) is 12.0 Å². The topological polar surface area (TPSA) is 143 Å². The molecule has 1 aromatic carbocycles. The third-order valence-electron chi connectivity index (χ3n) is 7.35. The molecule has 11 nitrogen and oxygen atoms in total. The Morgan fingerprint density at radius 3 is 2.67 bits per heavy atom. The third-order valence-corrected chi connectivity index (χ3v) is 7.35. The van der Waals surface area contributed by atoms with Crippen LogP contribution in [0.25, 0.3) is 22.3 Å². The number of benzene rings is 1. The van der Waals surface area contributed by atoms with Crippen molar-refractivity contribution >= 4 is 34.2 Å². The summed E-state index contributed by atoms with van der Waals surface area (Å²) in [6.07, 6.45) is 0.874. The van der Waals surface area contributed by atoms with Gasteiger partial charge in [-0.3, -0.25) is 19.7 Å². The molecule has 204 valence electrons. The fourth-order valence-electron chi connectivity index (χ4n) is 5.42. The number of nitro benzene ring substituents is 1. The van der Waals surface area contributed by atoms with E-state index in [2.05, 4.69) is 26.1 Å². The number of cyclic esters (lactones) is 1. The highest BCUT2D eigenvalue weighted by molar-refractivity contribution is 6.03. The Labute approximate surface area is 224 Å². The summed E-state index contributed by atoms with van der Waals surface area (Å²) in [6.45, 7) is 9.64. The van der Waals surface area contributed by atoms with Crippen LogP contribution < -0.4 is 10.9 Å². The SMILES string of the molecule is CCC1(OC(C)=O)C(=O)OCc2c1cc1n(c2=O)Cc2c-1nc1cccc([N+](=O)[O-])c1c2NCCC(C)(C)C. The quantitative estimate of drug-likeness (QED) is 0.216. The Kier molecular flexibility index (Phi) is 6.20. The van der Waals surface area contributed by atoms with Gasteiger partial charge in [0, 0.05) is 30.7 Å². The lowest BCUT2D eigenvalue weighted by atomic mass is 9.85. The smallest absolute Gasteiger partial charge is 0.355 e. The van der Waals surface area contributed by atoms with Gasteiger partial charge in [-0.2, -0.15) is 0 Å². The third kappa shape index (κ3) is 4.21. The number of aromatic nitrogens is 2. The summed E-state index contributed by atoms with van der Waals surface area (Å²) in [5.74, 6) is -1.41. The molecule has 0 aliphatic carbocycles. The molecule has 0 bridgehead atoms. The van der Waals surface area contributed by atoms with E-state index in [1.54, 1.807) is 25.1 Å². The van der Waals surface area contributed by atoms with Crippen molar-refractivity contribution in [3.8, 4) is 11.4 Å². The largest absolute Gasteiger partial charge is 0.457 e. The number of hydrogen-bond donors (Lipinski definition) is 1. The van der Waals surface area contributed by atoms with Crippen LogP contribution in [0.15, 0.2) is 29.1 Å². The van der Waals surface area contributed by atoms with Crippen LogP contribution in [0.1, 0.15) is 64.2 Å². The number of rotatable bonds is 6. The number of nitro groups is 1. The molecule has 1 N–H and O–H groups in total. The molecular weight excluding hydrogens is 504 g/mol. The Morgan fingerprint density at radius 2 is 2.03 bits per heavy atom. The highest BCUT2D eigenvalue weighted by atomic mass is 16.6. The van der Waals surface area contributed by atoms with E-state index in [1.807, 2.05) is 0 Å². The number of ether oxygens (including phenoxy) is 2. The van der Waals surface area contributed by atoms with Gasteiger partial charge in [-0.05, 0) is 30.4 Å². The minimum absolute atomic E-state index is 0.0244. The number of carbonyl (C=O) groups is 2. The van der Waals surface area contributed by atoms with E-state index >= 15 is 0 Å². The first-order valence-electron chi connectivity index (χ1n) is 12.9. The molecular formula is C28H30N4O7. The van der Waals surface area contributed by atoms with Crippen LogP contribution in [-0.4, -0.2) is 33.0 Å². The van der Waals surface area contributed by atoms with E-state index < -0.39 is 28.0 Å². The van der Waals surface area contributed by atoms with Crippen LogP contribution >= 0.6 is 0 Å². The summed E-state index contributed by atoms with van der Waals surface area (Å²) in [6, 6.07) is 6.39. The van der Waals surface area contributed by atoms with Gasteiger partial charge < -0.3 is 19.4 Å². The van der Waals surface area contributed by atoms with Gasteiger partial charge in [0.15, 0.2) is 0 Å². The van der Waals surface area contributed by atoms with Crippen molar-refractivity contribution in [3.05, 3.63) is 61.4 Å². The number of nitrogens with one attached hydrogen (secondary N) is 1. The summed E-state index contributed by atoms with van der Waals surface area (Å²) < 4.78 is 12.4. The molecule has 0 saturated heterocycles. The predicted molar refractivity (Wildman–Crippen MR) is 143 cm³/mol. The number of nitrogens with zero attached hydrogens (tertiary/aromatic N) is 3. The second-order valence-electron chi connectivity index (χ2n) is 11.1. The van der Waals surface area contributed by atoms with Gasteiger partial charge in [-0.1, -0.05) is 33.8 Å². The van der Waals surface area contributed by atoms with Crippen LogP contribution in [0.4, 0.5) is 11.4 Å². The first-order valence-corrected chi connectivity index (χ1v) is 12.9. The molecule has 0 radical (unpaired) electrons. The summed E-state index contributed by atoms with van der Waals surface area (Å²) >= 11 is 0. The molecule has 11 heteroatoms. The van der Waals surface area contributed by atoms with E-state index in [1.165, 1.54) is 17.6 Å². The zero-order valence-electron chi connectivity index (χ0n) is 22.5. The van der Waals surface area contributed by atoms with E-state index in [0.717, 1.165) is 6.42 Å². The first kappa shape index (κ1) is 26.3. The lowest BCUT2D eigenvalue weighted by molar-refractivity contribution is -0.383. The van der Waals surface area contributed by atoms with Gasteiger partial charge in [-0.25, -0.2) is 9.78 Å². The van der Waals surface area contributed by atoms with Crippen molar-refractivity contribution < 1.29 is 24.0 Å². The van der Waals surface area contributed by atoms with Crippen LogP contribution in [0, 0.1) is 15.5 Å². The highest BCUT2D eigenvalue weighted by Crippen LogP contribution is 2.44. The molecule has 39 heavy (non-hydrogen) atoms. The van der Waals surface area contributed by atoms with Gasteiger partial charge in [0.05, 0.1) is 39.6 Å². The molecule has 1 unspecified atom stereocenters. The van der Waals surface area contributed by atoms with Crippen molar-refractivity contribution in [2.45, 2.75) is 66.2 Å². The number of carbonyl (C=O) groups excluding carboxylic acids is 2. The fraction of sp³-hybridized carbons (Fsp3) is 0.429. The van der Waals surface area contributed by atoms with Crippen LogP contribution in [0.3, 0.4) is 0 Å². The number of fused-ring (bicyclic) bond motifs is 5. The predicted octanol–water partition coefficient (Wildman–Crippen LogP) is 4.41. The molecule has 2 aromatic heterocycles. The average Bonchev–Trinajstić information content (AvgIpc) is 3.23. The summed E-state index contributed by atoms with van der Waals surface area (Å²) in [5, 5.41) is 15.8. The zero-order valence-corrected chi connectivity index (χ0v) is 22.5. The van der Waals surface area contributed by atoms with Gasteiger partial charge in [-0.15, -0.1) is 0 Å². The first-order chi connectivity index (χ1) is 18.4. The Morgan fingerprint density at radius 1 is 1.28 bits per heavy atom. The van der Waals surface area contributed by atoms with Crippen molar-refractivity contribution in [3.63, 3.8) is 0 Å². The number of pyridine rings is 2. The van der Waals surface area contributed by atoms with Crippen molar-refractivity contribution in [2.75, 3.05) is 11.9 Å². The normalized spacial score (nSPS) is 17.7. The summed E-state index contributed by atoms with van der Waals surface area (Å²) in [5.41, 5.74) is 0.843. The van der Waals surface area contributed by atoms with Crippen LogP contribution in [-0.2, 0) is 37.8 Å². The summed E-state index contributed by atoms with van der Waals surface area (Å²) in [4.78, 5) is 55.0. The Balaban J connectivity index is 1.77. The maximum Gasteiger partial charge on any atom is 0.355 e. The molecule has 0 spiro atoms. The average molecular weight is 535 g/mol. The second-order valence-corrected chi connectivity index (χ2v) is 11.1. The Bertz CT molecular complexity index is 1620. The van der Waals surface area contributed by atoms with Gasteiger partial charge in [0.25, 0.3) is 11.2 Å². The molecule has 5 rings (SSSR count). The molecule has 4 heterocycles. The van der Waals surface area contributed by atoms with E-state index in [9.17, 15) is 24.5 Å². The summed E-state index contributed by atoms with van der Waals surface area (Å²) in [7, 11) is 0. The molecule has 0 amide bonds. The lowest BCUT2D eigenvalue weighted by Gasteiger charge is -2.35. The van der Waals surface area contributed by atoms with Crippen LogP contribution in [0.5, 0.6) is 0 Å². The number of non-ortho nitro benzene ring substituents is 1. The number of anilines is 1. The van der Waals surface area contributed by atoms with Gasteiger partial charge >= 0.3 is 11.9 Å². The van der Waals surface area contributed by atoms with Crippen molar-refractivity contribution in [2.24, 2.45) is 5.41 Å². The van der Waals surface area contributed by atoms with Crippen LogP contribution in [0.2, 0.25) is 0 Å². The van der Waals surface area contributed by atoms with E-state index in [4.69, 9.17) is 14.5 Å². The molecule has 3 aromatic rings. The fourth-order valence-corrected chi connectivity index (χ4v) is 5.42. The van der Waals surface area contributed by atoms with Gasteiger partial charge in [0.2, 0.25) is 5.60 Å². The molecule has 2 aliphatic heterocycles. The van der Waals surface area contributed by atoms with Crippen molar-refractivity contribution in [1.82, 2.24) is 9.55 Å². The highest BCUT2D eigenvalue weighted by Gasteiger charge is 2.50. The standard InChI is InChI=1S/C28H30N4O7/c1-6-28(39-15(2)33)18-12-21-23-16(13-31(21)25(34)17(18)14-38-26(28)35)24(29-11-10-27(3,4)5)22-19(30-23)8-7-9-20(22)32(36)37/h7-9,12H,6,10-11,13-14H2,1-5H3,(H,29,30). The Hall–Kier alpha value is -4.28. The molecule has 2 aliphatic rings. The monoisotopic (exact) mass is 534 g/mol. The molecule has 1 atom stereocenters. The minimum atomic E-state index is -1.75.